The number of aromatic nitrogens is 2. The van der Waals surface area contributed by atoms with Crippen LogP contribution in [0.4, 0.5) is 4.39 Å². The molecule has 0 unspecified atom stereocenters. The minimum absolute atomic E-state index is 0.252. The summed E-state index contributed by atoms with van der Waals surface area (Å²) in [6.07, 6.45) is 4.12. The minimum atomic E-state index is -0.252. The molecule has 0 N–H and O–H groups in total. The van der Waals surface area contributed by atoms with Gasteiger partial charge in [0.05, 0.1) is 5.52 Å². The molecule has 0 radical (unpaired) electrons. The van der Waals surface area contributed by atoms with E-state index in [4.69, 9.17) is 11.6 Å². The SMILES string of the molecule is CCCCCn1c(CCCl)nc2c(F)cccc21. The summed E-state index contributed by atoms with van der Waals surface area (Å²) in [5.41, 5.74) is 1.35. The average molecular weight is 269 g/mol. The maximum absolute atomic E-state index is 13.7. The number of aryl methyl sites for hydroxylation is 2. The summed E-state index contributed by atoms with van der Waals surface area (Å²) in [5.74, 6) is 1.15. The first-order valence-corrected chi connectivity index (χ1v) is 7.01. The molecule has 1 aromatic carbocycles. The van der Waals surface area contributed by atoms with Crippen molar-refractivity contribution in [3.63, 3.8) is 0 Å². The van der Waals surface area contributed by atoms with Crippen LogP contribution < -0.4 is 0 Å². The summed E-state index contributed by atoms with van der Waals surface area (Å²) in [5, 5.41) is 0. The molecule has 0 amide bonds. The number of hydrogen-bond acceptors (Lipinski definition) is 1. The van der Waals surface area contributed by atoms with Crippen LogP contribution in [0, 0.1) is 5.82 Å². The molecular formula is C14H18ClFN2. The highest BCUT2D eigenvalue weighted by atomic mass is 35.5. The standard InChI is InChI=1S/C14H18ClFN2/c1-2-3-4-10-18-12-7-5-6-11(16)14(12)17-13(18)8-9-15/h5-7H,2-4,8-10H2,1H3. The first-order valence-electron chi connectivity index (χ1n) is 6.47. The van der Waals surface area contributed by atoms with E-state index in [0.29, 0.717) is 17.8 Å². The fourth-order valence-corrected chi connectivity index (χ4v) is 2.37. The topological polar surface area (TPSA) is 17.8 Å². The summed E-state index contributed by atoms with van der Waals surface area (Å²) in [6, 6.07) is 5.12. The van der Waals surface area contributed by atoms with Crippen molar-refractivity contribution in [2.75, 3.05) is 5.88 Å². The number of nitrogens with zero attached hydrogens (tertiary/aromatic N) is 2. The van der Waals surface area contributed by atoms with Gasteiger partial charge in [0.15, 0.2) is 5.82 Å². The van der Waals surface area contributed by atoms with E-state index in [1.807, 2.05) is 6.07 Å². The van der Waals surface area contributed by atoms with Crippen LogP contribution in [0.25, 0.3) is 11.0 Å². The lowest BCUT2D eigenvalue weighted by Crippen LogP contribution is -2.04. The Morgan fingerprint density at radius 2 is 2.17 bits per heavy atom. The zero-order chi connectivity index (χ0) is 13.0. The van der Waals surface area contributed by atoms with Crippen molar-refractivity contribution in [2.45, 2.75) is 39.2 Å². The molecule has 18 heavy (non-hydrogen) atoms. The molecule has 2 nitrogen and oxygen atoms in total. The molecule has 0 aliphatic carbocycles. The smallest absolute Gasteiger partial charge is 0.151 e. The van der Waals surface area contributed by atoms with Crippen molar-refractivity contribution < 1.29 is 4.39 Å². The number of hydrogen-bond donors (Lipinski definition) is 0. The molecule has 0 saturated carbocycles. The van der Waals surface area contributed by atoms with E-state index in [0.717, 1.165) is 24.3 Å². The fourth-order valence-electron chi connectivity index (χ4n) is 2.21. The van der Waals surface area contributed by atoms with Crippen LogP contribution in [0.2, 0.25) is 0 Å². The molecule has 98 valence electrons. The van der Waals surface area contributed by atoms with Crippen LogP contribution in [0.15, 0.2) is 18.2 Å². The summed E-state index contributed by atoms with van der Waals surface area (Å²) in [6.45, 7) is 3.06. The van der Waals surface area contributed by atoms with Gasteiger partial charge >= 0.3 is 0 Å². The molecule has 2 aromatic rings. The number of unbranched alkanes of at least 4 members (excludes halogenated alkanes) is 2. The predicted octanol–water partition coefficient (Wildman–Crippen LogP) is 4.15. The second-order valence-electron chi connectivity index (χ2n) is 4.43. The van der Waals surface area contributed by atoms with Crippen molar-refractivity contribution in [1.29, 1.82) is 0 Å². The lowest BCUT2D eigenvalue weighted by molar-refractivity contribution is 0.594. The van der Waals surface area contributed by atoms with Crippen LogP contribution in [0.3, 0.4) is 0 Å². The zero-order valence-corrected chi connectivity index (χ0v) is 11.4. The normalized spacial score (nSPS) is 11.3. The summed E-state index contributed by atoms with van der Waals surface area (Å²) >= 11 is 5.79. The van der Waals surface area contributed by atoms with Crippen LogP contribution in [0.5, 0.6) is 0 Å². The highest BCUT2D eigenvalue weighted by Crippen LogP contribution is 2.20. The Hall–Kier alpha value is -1.09. The zero-order valence-electron chi connectivity index (χ0n) is 10.6. The van der Waals surface area contributed by atoms with Crippen LogP contribution in [-0.2, 0) is 13.0 Å². The minimum Gasteiger partial charge on any atom is -0.328 e. The van der Waals surface area contributed by atoms with Gasteiger partial charge in [0.1, 0.15) is 11.3 Å². The largest absolute Gasteiger partial charge is 0.328 e. The fraction of sp³-hybridized carbons (Fsp3) is 0.500. The van der Waals surface area contributed by atoms with Crippen molar-refractivity contribution in [1.82, 2.24) is 9.55 Å². The molecule has 1 heterocycles. The van der Waals surface area contributed by atoms with E-state index in [1.165, 1.54) is 18.9 Å². The van der Waals surface area contributed by atoms with Gasteiger partial charge in [-0.15, -0.1) is 11.6 Å². The highest BCUT2D eigenvalue weighted by molar-refractivity contribution is 6.17. The van der Waals surface area contributed by atoms with Gasteiger partial charge in [-0.25, -0.2) is 9.37 Å². The summed E-state index contributed by atoms with van der Waals surface area (Å²) in [4.78, 5) is 4.38. The number of halogens is 2. The van der Waals surface area contributed by atoms with Gasteiger partial charge in [-0.05, 0) is 18.6 Å². The van der Waals surface area contributed by atoms with E-state index < -0.39 is 0 Å². The van der Waals surface area contributed by atoms with E-state index in [2.05, 4.69) is 16.5 Å². The maximum Gasteiger partial charge on any atom is 0.151 e. The number of imidazole rings is 1. The molecule has 0 fully saturated rings. The number of para-hydroxylation sites is 1. The quantitative estimate of drug-likeness (QED) is 0.569. The predicted molar refractivity (Wildman–Crippen MR) is 73.6 cm³/mol. The Bertz CT molecular complexity index is 522. The Morgan fingerprint density at radius 1 is 1.33 bits per heavy atom. The molecule has 0 aliphatic heterocycles. The first-order chi connectivity index (χ1) is 8.77. The van der Waals surface area contributed by atoms with Gasteiger partial charge in [-0.3, -0.25) is 0 Å². The van der Waals surface area contributed by atoms with E-state index in [9.17, 15) is 4.39 Å². The van der Waals surface area contributed by atoms with Gasteiger partial charge in [-0.1, -0.05) is 25.8 Å². The second-order valence-corrected chi connectivity index (χ2v) is 4.81. The molecule has 0 saturated heterocycles. The van der Waals surface area contributed by atoms with Gasteiger partial charge in [0.25, 0.3) is 0 Å². The van der Waals surface area contributed by atoms with Crippen LogP contribution in [0.1, 0.15) is 32.0 Å². The Balaban J connectivity index is 2.39. The average Bonchev–Trinajstić information content (AvgIpc) is 2.70. The molecule has 0 bridgehead atoms. The van der Waals surface area contributed by atoms with Gasteiger partial charge in [0.2, 0.25) is 0 Å². The van der Waals surface area contributed by atoms with Crippen molar-refractivity contribution in [3.05, 3.63) is 29.8 Å². The Labute approximate surface area is 112 Å². The second kappa shape index (κ2) is 6.19. The number of fused-ring (bicyclic) bond motifs is 1. The van der Waals surface area contributed by atoms with E-state index in [-0.39, 0.29) is 5.82 Å². The van der Waals surface area contributed by atoms with Gasteiger partial charge in [-0.2, -0.15) is 0 Å². The van der Waals surface area contributed by atoms with Gasteiger partial charge in [0, 0.05) is 18.8 Å². The van der Waals surface area contributed by atoms with Crippen molar-refractivity contribution >= 4 is 22.6 Å². The van der Waals surface area contributed by atoms with Gasteiger partial charge < -0.3 is 4.57 Å². The molecule has 0 aliphatic rings. The maximum atomic E-state index is 13.7. The Kier molecular flexibility index (Phi) is 4.59. The third kappa shape index (κ3) is 2.66. The lowest BCUT2D eigenvalue weighted by atomic mass is 10.2. The summed E-state index contributed by atoms with van der Waals surface area (Å²) < 4.78 is 15.8. The van der Waals surface area contributed by atoms with Crippen molar-refractivity contribution in [2.24, 2.45) is 0 Å². The van der Waals surface area contributed by atoms with E-state index >= 15 is 0 Å². The molecule has 0 spiro atoms. The highest BCUT2D eigenvalue weighted by Gasteiger charge is 2.12. The number of benzene rings is 1. The summed E-state index contributed by atoms with van der Waals surface area (Å²) in [7, 11) is 0. The molecule has 0 atom stereocenters. The van der Waals surface area contributed by atoms with Crippen LogP contribution in [-0.4, -0.2) is 15.4 Å². The van der Waals surface area contributed by atoms with Crippen LogP contribution >= 0.6 is 11.6 Å². The lowest BCUT2D eigenvalue weighted by Gasteiger charge is -2.07. The van der Waals surface area contributed by atoms with E-state index in [1.54, 1.807) is 6.07 Å². The number of rotatable bonds is 6. The molecular weight excluding hydrogens is 251 g/mol. The monoisotopic (exact) mass is 268 g/mol. The molecule has 2 rings (SSSR count). The number of alkyl halides is 1. The third-order valence-electron chi connectivity index (χ3n) is 3.11. The molecule has 4 heteroatoms. The van der Waals surface area contributed by atoms with Crippen molar-refractivity contribution in [3.8, 4) is 0 Å². The third-order valence-corrected chi connectivity index (χ3v) is 3.30. The molecule has 1 aromatic heterocycles. The first kappa shape index (κ1) is 13.3. The Morgan fingerprint density at radius 3 is 2.89 bits per heavy atom.